The highest BCUT2D eigenvalue weighted by Gasteiger charge is 2.21. The Labute approximate surface area is 178 Å². The summed E-state index contributed by atoms with van der Waals surface area (Å²) in [7, 11) is 3.15. The molecule has 0 atom stereocenters. The van der Waals surface area contributed by atoms with Crippen LogP contribution in [0.1, 0.15) is 21.7 Å². The molecular weight excluding hydrogens is 402 g/mol. The van der Waals surface area contributed by atoms with Crippen LogP contribution in [-0.2, 0) is 18.3 Å². The van der Waals surface area contributed by atoms with Crippen LogP contribution in [0.3, 0.4) is 0 Å². The van der Waals surface area contributed by atoms with Crippen molar-refractivity contribution in [1.82, 2.24) is 15.1 Å². The number of nitrogens with zero attached hydrogens (tertiary/aromatic N) is 3. The van der Waals surface area contributed by atoms with E-state index in [1.807, 2.05) is 0 Å². The number of ether oxygens (including phenoxy) is 1. The number of hydrogen-bond acceptors (Lipinski definition) is 6. The number of carbonyl (C=O) groups excluding carboxylic acids is 2. The van der Waals surface area contributed by atoms with Gasteiger partial charge in [-0.3, -0.25) is 24.4 Å². The molecule has 0 unspecified atom stereocenters. The molecule has 0 aliphatic rings. The molecule has 31 heavy (non-hydrogen) atoms. The molecular formula is C21H21N5O5. The summed E-state index contributed by atoms with van der Waals surface area (Å²) < 4.78 is 7.09. The molecule has 0 bridgehead atoms. The number of aromatic nitrogens is 2. The molecule has 0 aliphatic carbocycles. The van der Waals surface area contributed by atoms with Gasteiger partial charge in [-0.25, -0.2) is 0 Å². The van der Waals surface area contributed by atoms with Gasteiger partial charge in [-0.05, 0) is 36.8 Å². The smallest absolute Gasteiger partial charge is 0.271 e. The van der Waals surface area contributed by atoms with E-state index in [0.717, 1.165) is 5.56 Å². The Bertz CT molecular complexity index is 1120. The van der Waals surface area contributed by atoms with Crippen LogP contribution in [-0.4, -0.2) is 33.6 Å². The third-order valence-corrected chi connectivity index (χ3v) is 4.50. The molecule has 0 saturated heterocycles. The third kappa shape index (κ3) is 5.04. The Morgan fingerprint density at radius 2 is 1.68 bits per heavy atom. The van der Waals surface area contributed by atoms with E-state index in [-0.39, 0.29) is 29.6 Å². The minimum Gasteiger partial charge on any atom is -0.457 e. The largest absolute Gasteiger partial charge is 0.457 e. The van der Waals surface area contributed by atoms with E-state index in [1.165, 1.54) is 36.0 Å². The first-order valence-electron chi connectivity index (χ1n) is 9.35. The number of rotatable bonds is 7. The van der Waals surface area contributed by atoms with Crippen molar-refractivity contribution in [2.45, 2.75) is 13.3 Å². The first-order valence-corrected chi connectivity index (χ1v) is 9.35. The Morgan fingerprint density at radius 1 is 1.10 bits per heavy atom. The van der Waals surface area contributed by atoms with Crippen LogP contribution in [0.25, 0.3) is 0 Å². The molecule has 0 saturated carbocycles. The van der Waals surface area contributed by atoms with Crippen molar-refractivity contribution in [2.75, 3.05) is 12.4 Å². The Hall–Kier alpha value is -4.21. The molecule has 0 spiro atoms. The van der Waals surface area contributed by atoms with E-state index < -0.39 is 4.92 Å². The molecule has 0 fully saturated rings. The van der Waals surface area contributed by atoms with Crippen molar-refractivity contribution >= 4 is 23.2 Å². The lowest BCUT2D eigenvalue weighted by Gasteiger charge is -2.09. The fourth-order valence-corrected chi connectivity index (χ4v) is 3.00. The number of nitrogens with one attached hydrogen (secondary N) is 2. The van der Waals surface area contributed by atoms with Crippen molar-refractivity contribution in [3.05, 3.63) is 75.6 Å². The number of amides is 2. The normalized spacial score (nSPS) is 10.4. The predicted octanol–water partition coefficient (Wildman–Crippen LogP) is 2.97. The fourth-order valence-electron chi connectivity index (χ4n) is 3.00. The van der Waals surface area contributed by atoms with Crippen LogP contribution in [0.15, 0.2) is 48.5 Å². The Balaban J connectivity index is 1.64. The van der Waals surface area contributed by atoms with Crippen LogP contribution in [0.4, 0.5) is 11.4 Å². The van der Waals surface area contributed by atoms with Gasteiger partial charge in [0, 0.05) is 26.2 Å². The molecule has 1 aromatic heterocycles. The van der Waals surface area contributed by atoms with Crippen LogP contribution in [0, 0.1) is 17.0 Å². The summed E-state index contributed by atoms with van der Waals surface area (Å²) in [5, 5.41) is 20.2. The number of anilines is 1. The molecule has 2 aromatic carbocycles. The lowest BCUT2D eigenvalue weighted by Crippen LogP contribution is -2.24. The van der Waals surface area contributed by atoms with Gasteiger partial charge in [-0.15, -0.1) is 0 Å². The molecule has 10 nitrogen and oxygen atoms in total. The summed E-state index contributed by atoms with van der Waals surface area (Å²) in [5.74, 6) is 0.365. The maximum atomic E-state index is 12.5. The second-order valence-electron chi connectivity index (χ2n) is 6.73. The number of aryl methyl sites for hydroxylation is 2. The predicted molar refractivity (Wildman–Crippen MR) is 113 cm³/mol. The summed E-state index contributed by atoms with van der Waals surface area (Å²) in [4.78, 5) is 34.8. The highest BCUT2D eigenvalue weighted by atomic mass is 16.6. The molecule has 2 N–H and O–H groups in total. The summed E-state index contributed by atoms with van der Waals surface area (Å²) >= 11 is 0. The van der Waals surface area contributed by atoms with Crippen LogP contribution >= 0.6 is 0 Å². The van der Waals surface area contributed by atoms with Gasteiger partial charge in [0.15, 0.2) is 0 Å². The topological polar surface area (TPSA) is 128 Å². The van der Waals surface area contributed by atoms with Crippen molar-refractivity contribution < 1.29 is 19.2 Å². The van der Waals surface area contributed by atoms with Crippen LogP contribution in [0.2, 0.25) is 0 Å². The van der Waals surface area contributed by atoms with E-state index in [0.29, 0.717) is 22.9 Å². The van der Waals surface area contributed by atoms with Gasteiger partial charge in [0.25, 0.3) is 11.6 Å². The second kappa shape index (κ2) is 9.08. The van der Waals surface area contributed by atoms with Crippen LogP contribution < -0.4 is 15.4 Å². The highest BCUT2D eigenvalue weighted by Crippen LogP contribution is 2.24. The van der Waals surface area contributed by atoms with Gasteiger partial charge < -0.3 is 15.4 Å². The van der Waals surface area contributed by atoms with Crippen LogP contribution in [0.5, 0.6) is 11.5 Å². The van der Waals surface area contributed by atoms with E-state index in [9.17, 15) is 19.7 Å². The summed E-state index contributed by atoms with van der Waals surface area (Å²) in [6.45, 7) is 1.71. The van der Waals surface area contributed by atoms with E-state index in [2.05, 4.69) is 15.7 Å². The molecule has 160 valence electrons. The first-order chi connectivity index (χ1) is 14.8. The van der Waals surface area contributed by atoms with Gasteiger partial charge >= 0.3 is 0 Å². The van der Waals surface area contributed by atoms with E-state index in [1.54, 1.807) is 38.2 Å². The molecule has 2 amide bonds. The number of carbonyl (C=O) groups is 2. The third-order valence-electron chi connectivity index (χ3n) is 4.50. The molecule has 3 aromatic rings. The molecule has 0 radical (unpaired) electrons. The standard InChI is InChI=1S/C21H21N5O5/c1-13-19(20(21(28)22-2)25(3)24-13)23-18(27)12-14-4-8-16(9-5-14)31-17-10-6-15(7-11-17)26(29)30/h4-11H,12H2,1-3H3,(H,22,28)(H,23,27). The number of nitro groups is 1. The number of hydrogen-bond donors (Lipinski definition) is 2. The van der Waals surface area contributed by atoms with Gasteiger partial charge in [0.1, 0.15) is 17.2 Å². The zero-order valence-electron chi connectivity index (χ0n) is 17.2. The van der Waals surface area contributed by atoms with Gasteiger partial charge in [-0.2, -0.15) is 5.10 Å². The number of non-ortho nitro benzene ring substituents is 1. The van der Waals surface area contributed by atoms with Gasteiger partial charge in [0.2, 0.25) is 5.91 Å². The fraction of sp³-hybridized carbons (Fsp3) is 0.190. The lowest BCUT2D eigenvalue weighted by molar-refractivity contribution is -0.384. The minimum atomic E-state index is -0.478. The second-order valence-corrected chi connectivity index (χ2v) is 6.73. The summed E-state index contributed by atoms with van der Waals surface area (Å²) in [5.41, 5.74) is 1.93. The average molecular weight is 423 g/mol. The van der Waals surface area contributed by atoms with Crippen molar-refractivity contribution in [3.63, 3.8) is 0 Å². The van der Waals surface area contributed by atoms with E-state index in [4.69, 9.17) is 4.74 Å². The minimum absolute atomic E-state index is 0.0165. The van der Waals surface area contributed by atoms with E-state index >= 15 is 0 Å². The molecule has 1 heterocycles. The summed E-state index contributed by atoms with van der Waals surface area (Å²) in [6, 6.07) is 12.7. The molecule has 3 rings (SSSR count). The van der Waals surface area contributed by atoms with Gasteiger partial charge in [0.05, 0.1) is 22.7 Å². The lowest BCUT2D eigenvalue weighted by atomic mass is 10.1. The average Bonchev–Trinajstić information content (AvgIpc) is 3.02. The maximum Gasteiger partial charge on any atom is 0.271 e. The van der Waals surface area contributed by atoms with Crippen molar-refractivity contribution in [2.24, 2.45) is 7.05 Å². The highest BCUT2D eigenvalue weighted by molar-refractivity contribution is 6.03. The van der Waals surface area contributed by atoms with Crippen molar-refractivity contribution in [3.8, 4) is 11.5 Å². The molecule has 10 heteroatoms. The monoisotopic (exact) mass is 423 g/mol. The maximum absolute atomic E-state index is 12.5. The Kier molecular flexibility index (Phi) is 6.29. The van der Waals surface area contributed by atoms with Gasteiger partial charge in [-0.1, -0.05) is 12.1 Å². The number of benzene rings is 2. The van der Waals surface area contributed by atoms with Crippen molar-refractivity contribution in [1.29, 1.82) is 0 Å². The zero-order chi connectivity index (χ0) is 22.5. The SMILES string of the molecule is CNC(=O)c1c(NC(=O)Cc2ccc(Oc3ccc([N+](=O)[O-])cc3)cc2)c(C)nn1C. The quantitative estimate of drug-likeness (QED) is 0.444. The summed E-state index contributed by atoms with van der Waals surface area (Å²) in [6.07, 6.45) is 0.0966. The molecule has 0 aliphatic heterocycles. The zero-order valence-corrected chi connectivity index (χ0v) is 17.2. The Morgan fingerprint density at radius 3 is 2.23 bits per heavy atom. The first kappa shape index (κ1) is 21.5. The number of nitro benzene ring substituents is 1.